The van der Waals surface area contributed by atoms with Crippen molar-refractivity contribution >= 4 is 5.84 Å². The average Bonchev–Trinajstić information content (AvgIpc) is 2.42. The highest BCUT2D eigenvalue weighted by Crippen LogP contribution is 2.21. The van der Waals surface area contributed by atoms with E-state index in [0.717, 1.165) is 10.1 Å². The molecule has 1 aliphatic rings. The van der Waals surface area contributed by atoms with Crippen LogP contribution in [0.1, 0.15) is 11.1 Å². The van der Waals surface area contributed by atoms with Gasteiger partial charge in [0.15, 0.2) is 6.54 Å². The average molecular weight is 215 g/mol. The van der Waals surface area contributed by atoms with Gasteiger partial charge in [-0.2, -0.15) is 13.2 Å². The third-order valence-corrected chi connectivity index (χ3v) is 2.37. The monoisotopic (exact) mass is 215 g/mol. The number of halogens is 3. The van der Waals surface area contributed by atoms with Crippen LogP contribution in [0.25, 0.3) is 0 Å². The van der Waals surface area contributed by atoms with Gasteiger partial charge < -0.3 is 0 Å². The molecule has 1 aromatic rings. The molecule has 2 nitrogen and oxygen atoms in total. The Hall–Kier alpha value is -1.52. The van der Waals surface area contributed by atoms with E-state index < -0.39 is 12.7 Å². The van der Waals surface area contributed by atoms with Gasteiger partial charge in [0.1, 0.15) is 6.54 Å². The quantitative estimate of drug-likeness (QED) is 0.706. The summed E-state index contributed by atoms with van der Waals surface area (Å²) >= 11 is 0. The van der Waals surface area contributed by atoms with E-state index >= 15 is 0 Å². The van der Waals surface area contributed by atoms with E-state index in [1.807, 2.05) is 0 Å². The predicted octanol–water partition coefficient (Wildman–Crippen LogP) is 1.48. The van der Waals surface area contributed by atoms with Gasteiger partial charge in [0, 0.05) is 5.56 Å². The molecule has 5 heteroatoms. The van der Waals surface area contributed by atoms with Crippen molar-refractivity contribution in [2.24, 2.45) is 5.73 Å². The van der Waals surface area contributed by atoms with E-state index in [9.17, 15) is 13.2 Å². The van der Waals surface area contributed by atoms with E-state index in [0.29, 0.717) is 5.56 Å². The molecule has 0 atom stereocenters. The van der Waals surface area contributed by atoms with Crippen LogP contribution in [0.5, 0.6) is 0 Å². The van der Waals surface area contributed by atoms with Crippen molar-refractivity contribution in [1.82, 2.24) is 0 Å². The minimum absolute atomic E-state index is 0.211. The number of nitrogens with zero attached hydrogens (tertiary/aromatic N) is 1. The van der Waals surface area contributed by atoms with Crippen molar-refractivity contribution in [3.05, 3.63) is 35.4 Å². The molecule has 2 rings (SSSR count). The molecule has 0 spiro atoms. The molecule has 1 heterocycles. The third kappa shape index (κ3) is 1.95. The number of nitrogens with two attached hydrogens (primary N) is 1. The van der Waals surface area contributed by atoms with Crippen LogP contribution in [0.3, 0.4) is 0 Å². The van der Waals surface area contributed by atoms with E-state index in [-0.39, 0.29) is 12.4 Å². The molecule has 15 heavy (non-hydrogen) atoms. The maximum atomic E-state index is 12.2. The summed E-state index contributed by atoms with van der Waals surface area (Å²) in [7, 11) is 0. The van der Waals surface area contributed by atoms with E-state index in [4.69, 9.17) is 5.73 Å². The first-order valence-corrected chi connectivity index (χ1v) is 4.50. The van der Waals surface area contributed by atoms with Crippen LogP contribution < -0.4 is 5.73 Å². The Bertz CT molecular complexity index is 421. The number of rotatable bonds is 1. The molecule has 80 valence electrons. The molecular formula is C10H10F3N2+. The maximum Gasteiger partial charge on any atom is 0.425 e. The lowest BCUT2D eigenvalue weighted by atomic mass is 10.1. The largest absolute Gasteiger partial charge is 0.425 e. The SMILES string of the molecule is NC1=[N+](CC(F)(F)F)Cc2ccccc21. The molecule has 0 aromatic heterocycles. The zero-order valence-electron chi connectivity index (χ0n) is 7.88. The first-order valence-electron chi connectivity index (χ1n) is 4.50. The number of benzene rings is 1. The van der Waals surface area contributed by atoms with Gasteiger partial charge in [-0.3, -0.25) is 5.73 Å². The molecule has 0 saturated carbocycles. The van der Waals surface area contributed by atoms with Gasteiger partial charge in [-0.15, -0.1) is 0 Å². The number of alkyl halides is 3. The van der Waals surface area contributed by atoms with Gasteiger partial charge in [0.05, 0.1) is 5.56 Å². The number of fused-ring (bicyclic) bond motifs is 1. The summed E-state index contributed by atoms with van der Waals surface area (Å²) in [6, 6.07) is 7.09. The van der Waals surface area contributed by atoms with Gasteiger partial charge in [-0.1, -0.05) is 18.2 Å². The molecule has 0 aliphatic carbocycles. The van der Waals surface area contributed by atoms with Crippen molar-refractivity contribution < 1.29 is 17.7 Å². The minimum atomic E-state index is -4.22. The van der Waals surface area contributed by atoms with Crippen molar-refractivity contribution in [1.29, 1.82) is 0 Å². The molecular weight excluding hydrogens is 205 g/mol. The Labute approximate surface area is 84.8 Å². The van der Waals surface area contributed by atoms with Crippen LogP contribution in [0.2, 0.25) is 0 Å². The van der Waals surface area contributed by atoms with E-state index in [1.54, 1.807) is 24.3 Å². The van der Waals surface area contributed by atoms with Crippen molar-refractivity contribution in [2.75, 3.05) is 6.54 Å². The summed E-state index contributed by atoms with van der Waals surface area (Å²) in [6.07, 6.45) is -4.22. The minimum Gasteiger partial charge on any atom is -0.287 e. The summed E-state index contributed by atoms with van der Waals surface area (Å²) in [5.74, 6) is 0.211. The van der Waals surface area contributed by atoms with Crippen molar-refractivity contribution in [3.63, 3.8) is 0 Å². The lowest BCUT2D eigenvalue weighted by molar-refractivity contribution is -0.569. The highest BCUT2D eigenvalue weighted by atomic mass is 19.4. The van der Waals surface area contributed by atoms with Gasteiger partial charge in [0.2, 0.25) is 0 Å². The van der Waals surface area contributed by atoms with Crippen LogP contribution >= 0.6 is 0 Å². The van der Waals surface area contributed by atoms with Gasteiger partial charge >= 0.3 is 6.18 Å². The molecule has 1 aromatic carbocycles. The standard InChI is InChI=1S/C10H9F3N2/c11-10(12,13)6-15-5-7-3-1-2-4-8(7)9(15)14/h1-4,14H,5-6H2/p+1. The second kappa shape index (κ2) is 3.25. The molecule has 2 N–H and O–H groups in total. The normalized spacial score (nSPS) is 15.7. The Balaban J connectivity index is 2.30. The zero-order chi connectivity index (χ0) is 11.1. The summed E-state index contributed by atoms with van der Waals surface area (Å²) in [4.78, 5) is 0. The first-order chi connectivity index (χ1) is 6.97. The topological polar surface area (TPSA) is 29.0 Å². The van der Waals surface area contributed by atoms with E-state index in [2.05, 4.69) is 0 Å². The van der Waals surface area contributed by atoms with Gasteiger partial charge in [-0.25, -0.2) is 4.58 Å². The Morgan fingerprint density at radius 3 is 2.53 bits per heavy atom. The fourth-order valence-corrected chi connectivity index (χ4v) is 1.73. The summed E-state index contributed by atoms with van der Waals surface area (Å²) in [5.41, 5.74) is 7.20. The van der Waals surface area contributed by atoms with Crippen LogP contribution in [-0.2, 0) is 6.54 Å². The van der Waals surface area contributed by atoms with Crippen LogP contribution in [0.15, 0.2) is 24.3 Å². The van der Waals surface area contributed by atoms with E-state index in [1.165, 1.54) is 0 Å². The summed E-state index contributed by atoms with van der Waals surface area (Å²) in [5, 5.41) is 0. The fourth-order valence-electron chi connectivity index (χ4n) is 1.73. The lowest BCUT2D eigenvalue weighted by Gasteiger charge is -2.06. The second-order valence-corrected chi connectivity index (χ2v) is 3.51. The number of amidine groups is 1. The first kappa shape index (κ1) is 10.0. The molecule has 1 aliphatic heterocycles. The third-order valence-electron chi connectivity index (χ3n) is 2.37. The predicted molar refractivity (Wildman–Crippen MR) is 49.6 cm³/mol. The molecule has 0 radical (unpaired) electrons. The fraction of sp³-hybridized carbons (Fsp3) is 0.300. The second-order valence-electron chi connectivity index (χ2n) is 3.51. The Kier molecular flexibility index (Phi) is 2.17. The number of hydrogen-bond acceptors (Lipinski definition) is 1. The highest BCUT2D eigenvalue weighted by molar-refractivity contribution is 5.96. The van der Waals surface area contributed by atoms with Crippen LogP contribution in [0, 0.1) is 0 Å². The van der Waals surface area contributed by atoms with Gasteiger partial charge in [-0.05, 0) is 6.07 Å². The summed E-state index contributed by atoms with van der Waals surface area (Å²) < 4.78 is 37.7. The zero-order valence-corrected chi connectivity index (χ0v) is 7.88. The molecule has 0 fully saturated rings. The smallest absolute Gasteiger partial charge is 0.287 e. The molecule has 0 saturated heterocycles. The van der Waals surface area contributed by atoms with Crippen molar-refractivity contribution in [3.8, 4) is 0 Å². The van der Waals surface area contributed by atoms with Crippen molar-refractivity contribution in [2.45, 2.75) is 12.7 Å². The van der Waals surface area contributed by atoms with Crippen LogP contribution in [-0.4, -0.2) is 23.1 Å². The number of hydrogen-bond donors (Lipinski definition) is 1. The summed E-state index contributed by atoms with van der Waals surface area (Å²) in [6.45, 7) is -0.755. The molecule has 0 amide bonds. The Morgan fingerprint density at radius 2 is 1.93 bits per heavy atom. The molecule has 0 unspecified atom stereocenters. The Morgan fingerprint density at radius 1 is 1.27 bits per heavy atom. The maximum absolute atomic E-state index is 12.2. The lowest BCUT2D eigenvalue weighted by Crippen LogP contribution is -2.31. The van der Waals surface area contributed by atoms with Crippen LogP contribution in [0.4, 0.5) is 13.2 Å². The van der Waals surface area contributed by atoms with Gasteiger partial charge in [0.25, 0.3) is 5.84 Å². The molecule has 0 bridgehead atoms. The highest BCUT2D eigenvalue weighted by Gasteiger charge is 2.35.